The van der Waals surface area contributed by atoms with Crippen molar-refractivity contribution in [1.82, 2.24) is 9.55 Å². The van der Waals surface area contributed by atoms with Crippen LogP contribution >= 0.6 is 11.8 Å². The average Bonchev–Trinajstić information content (AvgIpc) is 2.75. The molecule has 6 heteroatoms. The van der Waals surface area contributed by atoms with Crippen molar-refractivity contribution in [2.45, 2.75) is 50.1 Å². The Bertz CT molecular complexity index is 1110. The number of para-hydroxylation sites is 1. The first-order chi connectivity index (χ1) is 14.5. The molecule has 1 aromatic heterocycles. The molecule has 1 aliphatic carbocycles. The van der Waals surface area contributed by atoms with Crippen LogP contribution in [0.2, 0.25) is 0 Å². The van der Waals surface area contributed by atoms with Gasteiger partial charge in [-0.1, -0.05) is 56.7 Å². The van der Waals surface area contributed by atoms with Gasteiger partial charge in [0.25, 0.3) is 5.56 Å². The fourth-order valence-corrected chi connectivity index (χ4v) is 5.38. The molecule has 0 spiro atoms. The molecule has 1 aliphatic rings. The summed E-state index contributed by atoms with van der Waals surface area (Å²) in [5.74, 6) is 1.35. The maximum atomic E-state index is 14.1. The molecule has 4 rings (SSSR count). The Morgan fingerprint density at radius 2 is 2.00 bits per heavy atom. The van der Waals surface area contributed by atoms with Crippen molar-refractivity contribution in [2.24, 2.45) is 11.8 Å². The number of thioether (sulfide) groups is 1. The molecule has 4 nitrogen and oxygen atoms in total. The zero-order valence-corrected chi connectivity index (χ0v) is 18.4. The molecular formula is C24H27FN2O2S. The molecule has 3 atom stereocenters. The molecule has 0 saturated heterocycles. The molecule has 3 aromatic rings. The van der Waals surface area contributed by atoms with Gasteiger partial charge in [0.05, 0.1) is 18.0 Å². The lowest BCUT2D eigenvalue weighted by atomic mass is 9.78. The van der Waals surface area contributed by atoms with Crippen LogP contribution in [0.3, 0.4) is 0 Å². The van der Waals surface area contributed by atoms with Gasteiger partial charge in [-0.15, -0.1) is 0 Å². The van der Waals surface area contributed by atoms with Crippen molar-refractivity contribution < 1.29 is 9.13 Å². The maximum absolute atomic E-state index is 14.1. The van der Waals surface area contributed by atoms with Crippen molar-refractivity contribution in [3.05, 3.63) is 64.2 Å². The van der Waals surface area contributed by atoms with Crippen molar-refractivity contribution >= 4 is 22.7 Å². The van der Waals surface area contributed by atoms with Gasteiger partial charge in [-0.2, -0.15) is 0 Å². The monoisotopic (exact) mass is 426 g/mol. The molecular weight excluding hydrogens is 399 g/mol. The Kier molecular flexibility index (Phi) is 6.14. The van der Waals surface area contributed by atoms with E-state index in [1.807, 2.05) is 34.9 Å². The summed E-state index contributed by atoms with van der Waals surface area (Å²) < 4.78 is 21.0. The third-order valence-corrected chi connectivity index (χ3v) is 7.38. The van der Waals surface area contributed by atoms with Crippen LogP contribution in [0.15, 0.2) is 52.4 Å². The molecule has 0 N–H and O–H groups in total. The summed E-state index contributed by atoms with van der Waals surface area (Å²) in [6.45, 7) is 4.51. The summed E-state index contributed by atoms with van der Waals surface area (Å²) in [4.78, 5) is 18.3. The van der Waals surface area contributed by atoms with Crippen molar-refractivity contribution in [1.29, 1.82) is 0 Å². The lowest BCUT2D eigenvalue weighted by molar-refractivity contribution is 0.173. The average molecular weight is 427 g/mol. The smallest absolute Gasteiger partial charge is 0.262 e. The zero-order chi connectivity index (χ0) is 21.3. The predicted molar refractivity (Wildman–Crippen MR) is 120 cm³/mol. The number of hydrogen-bond donors (Lipinski definition) is 0. The summed E-state index contributed by atoms with van der Waals surface area (Å²) in [6.07, 6.45) is 3.29. The number of ether oxygens (including phenoxy) is 1. The minimum Gasteiger partial charge on any atom is -0.494 e. The normalized spacial score (nSPS) is 21.7. The number of methoxy groups -OCH3 is 1. The maximum Gasteiger partial charge on any atom is 0.262 e. The predicted octanol–water partition coefficient (Wildman–Crippen LogP) is 5.83. The fourth-order valence-electron chi connectivity index (χ4n) is 4.39. The highest BCUT2D eigenvalue weighted by atomic mass is 32.2. The van der Waals surface area contributed by atoms with E-state index in [0.29, 0.717) is 33.6 Å². The number of benzene rings is 2. The summed E-state index contributed by atoms with van der Waals surface area (Å²) in [6, 6.07) is 12.6. The topological polar surface area (TPSA) is 44.1 Å². The Hall–Kier alpha value is -2.34. The quantitative estimate of drug-likeness (QED) is 0.380. The summed E-state index contributed by atoms with van der Waals surface area (Å²) >= 11 is 1.49. The molecule has 0 aliphatic heterocycles. The van der Waals surface area contributed by atoms with E-state index in [0.717, 1.165) is 18.4 Å². The minimum absolute atomic E-state index is 0.0231. The highest BCUT2D eigenvalue weighted by Crippen LogP contribution is 2.39. The van der Waals surface area contributed by atoms with E-state index in [1.54, 1.807) is 6.07 Å². The van der Waals surface area contributed by atoms with Crippen molar-refractivity contribution in [2.75, 3.05) is 7.11 Å². The molecule has 2 aromatic carbocycles. The molecule has 0 unspecified atom stereocenters. The summed E-state index contributed by atoms with van der Waals surface area (Å²) in [5, 5.41) is 1.36. The first-order valence-corrected chi connectivity index (χ1v) is 11.4. The zero-order valence-electron chi connectivity index (χ0n) is 17.6. The fraction of sp³-hybridized carbons (Fsp3) is 0.417. The van der Waals surface area contributed by atoms with E-state index in [1.165, 1.54) is 31.4 Å². The van der Waals surface area contributed by atoms with Crippen molar-refractivity contribution in [3.63, 3.8) is 0 Å². The molecule has 30 heavy (non-hydrogen) atoms. The van der Waals surface area contributed by atoms with Crippen LogP contribution < -0.4 is 10.3 Å². The van der Waals surface area contributed by atoms with Crippen molar-refractivity contribution in [3.8, 4) is 5.75 Å². The Balaban J connectivity index is 1.74. The van der Waals surface area contributed by atoms with Gasteiger partial charge >= 0.3 is 0 Å². The molecule has 0 amide bonds. The number of hydrogen-bond acceptors (Lipinski definition) is 4. The first kappa shape index (κ1) is 20.9. The van der Waals surface area contributed by atoms with Gasteiger partial charge < -0.3 is 4.74 Å². The van der Waals surface area contributed by atoms with E-state index in [2.05, 4.69) is 13.8 Å². The minimum atomic E-state index is -0.380. The second-order valence-electron chi connectivity index (χ2n) is 8.18. The number of halogens is 1. The van der Waals surface area contributed by atoms with E-state index in [-0.39, 0.29) is 23.2 Å². The van der Waals surface area contributed by atoms with Gasteiger partial charge in [0.15, 0.2) is 16.7 Å². The molecule has 0 bridgehead atoms. The van der Waals surface area contributed by atoms with Crippen LogP contribution in [-0.4, -0.2) is 16.7 Å². The first-order valence-electron chi connectivity index (χ1n) is 10.5. The number of fused-ring (bicyclic) bond motifs is 1. The largest absolute Gasteiger partial charge is 0.494 e. The summed E-state index contributed by atoms with van der Waals surface area (Å²) in [5.41, 5.74) is 1.56. The van der Waals surface area contributed by atoms with Gasteiger partial charge in [0, 0.05) is 11.8 Å². The van der Waals surface area contributed by atoms with Crippen LogP contribution in [0.1, 0.15) is 44.7 Å². The second kappa shape index (κ2) is 8.80. The van der Waals surface area contributed by atoms with Crippen LogP contribution in [0.25, 0.3) is 10.9 Å². The lowest BCUT2D eigenvalue weighted by Crippen LogP contribution is -2.35. The Labute approximate surface area is 180 Å². The van der Waals surface area contributed by atoms with Gasteiger partial charge in [0.1, 0.15) is 0 Å². The van der Waals surface area contributed by atoms with E-state index < -0.39 is 0 Å². The van der Waals surface area contributed by atoms with Gasteiger partial charge in [0.2, 0.25) is 0 Å². The third-order valence-electron chi connectivity index (χ3n) is 6.36. The third kappa shape index (κ3) is 3.97. The molecule has 158 valence electrons. The van der Waals surface area contributed by atoms with Crippen LogP contribution in [0.4, 0.5) is 4.39 Å². The number of rotatable bonds is 5. The SMILES string of the molecule is COc1ccc(CSc2nc3ccccc3c(=O)n2[C@@H]2CCC[C@H](C)[C@H]2C)cc1F. The summed E-state index contributed by atoms with van der Waals surface area (Å²) in [7, 11) is 1.46. The Morgan fingerprint density at radius 3 is 2.77 bits per heavy atom. The highest BCUT2D eigenvalue weighted by Gasteiger charge is 2.31. The van der Waals surface area contributed by atoms with E-state index in [4.69, 9.17) is 9.72 Å². The molecule has 1 heterocycles. The van der Waals surface area contributed by atoms with Crippen LogP contribution in [0, 0.1) is 17.7 Å². The van der Waals surface area contributed by atoms with Gasteiger partial charge in [-0.25, -0.2) is 9.37 Å². The van der Waals surface area contributed by atoms with Crippen LogP contribution in [-0.2, 0) is 5.75 Å². The molecule has 1 saturated carbocycles. The van der Waals surface area contributed by atoms with Crippen LogP contribution in [0.5, 0.6) is 5.75 Å². The van der Waals surface area contributed by atoms with E-state index >= 15 is 0 Å². The van der Waals surface area contributed by atoms with Gasteiger partial charge in [-0.05, 0) is 48.1 Å². The second-order valence-corrected chi connectivity index (χ2v) is 9.12. The standard InChI is InChI=1S/C24H27FN2O2S/c1-15-7-6-10-21(16(15)2)27-23(28)18-8-4-5-9-20(18)26-24(27)30-14-17-11-12-22(29-3)19(25)13-17/h4-5,8-9,11-13,15-16,21H,6-7,10,14H2,1-3H3/t15-,16+,21+/m0/s1. The number of aromatic nitrogens is 2. The molecule has 0 radical (unpaired) electrons. The lowest BCUT2D eigenvalue weighted by Gasteiger charge is -2.36. The van der Waals surface area contributed by atoms with E-state index in [9.17, 15) is 9.18 Å². The highest BCUT2D eigenvalue weighted by molar-refractivity contribution is 7.98. The Morgan fingerprint density at radius 1 is 1.20 bits per heavy atom. The molecule has 1 fully saturated rings. The van der Waals surface area contributed by atoms with Gasteiger partial charge in [-0.3, -0.25) is 9.36 Å². The number of nitrogens with zero attached hydrogens (tertiary/aromatic N) is 2.